The lowest BCUT2D eigenvalue weighted by molar-refractivity contribution is -0.141. The summed E-state index contributed by atoms with van der Waals surface area (Å²) < 4.78 is 10.7. The molecule has 1 heterocycles. The third kappa shape index (κ3) is 4.91. The van der Waals surface area contributed by atoms with E-state index in [9.17, 15) is 14.4 Å². The van der Waals surface area contributed by atoms with Crippen LogP contribution < -0.4 is 15.4 Å². The first-order valence-corrected chi connectivity index (χ1v) is 9.68. The zero-order valence-corrected chi connectivity index (χ0v) is 16.2. The lowest BCUT2D eigenvalue weighted by atomic mass is 9.90. The number of rotatable bonds is 5. The summed E-state index contributed by atoms with van der Waals surface area (Å²) in [6, 6.07) is 5.69. The number of amides is 2. The topological polar surface area (TPSA) is 93.7 Å². The van der Waals surface area contributed by atoms with Crippen LogP contribution >= 0.6 is 0 Å². The van der Waals surface area contributed by atoms with E-state index in [0.717, 1.165) is 12.8 Å². The maximum absolute atomic E-state index is 12.8. The first-order chi connectivity index (χ1) is 13.4. The molecule has 1 aliphatic heterocycles. The fourth-order valence-electron chi connectivity index (χ4n) is 3.76. The van der Waals surface area contributed by atoms with Gasteiger partial charge in [0.15, 0.2) is 0 Å². The Hall–Kier alpha value is -2.83. The smallest absolute Gasteiger partial charge is 0.338 e. The van der Waals surface area contributed by atoms with E-state index in [-0.39, 0.29) is 0 Å². The van der Waals surface area contributed by atoms with Crippen molar-refractivity contribution in [2.75, 3.05) is 6.61 Å². The average molecular weight is 386 g/mol. The molecule has 3 rings (SSSR count). The molecule has 1 atom stereocenters. The van der Waals surface area contributed by atoms with E-state index in [2.05, 4.69) is 10.6 Å². The van der Waals surface area contributed by atoms with Crippen LogP contribution in [0.15, 0.2) is 35.5 Å². The lowest BCUT2D eigenvalue weighted by Gasteiger charge is -2.29. The summed E-state index contributed by atoms with van der Waals surface area (Å²) in [7, 11) is 0. The van der Waals surface area contributed by atoms with Gasteiger partial charge in [0.25, 0.3) is 0 Å². The third-order valence-electron chi connectivity index (χ3n) is 5.12. The van der Waals surface area contributed by atoms with Crippen LogP contribution in [0.1, 0.15) is 57.6 Å². The Kier molecular flexibility index (Phi) is 6.34. The first kappa shape index (κ1) is 19.9. The number of hydrogen-bond acceptors (Lipinski definition) is 5. The summed E-state index contributed by atoms with van der Waals surface area (Å²) in [5.41, 5.74) is 1.45. The first-order valence-electron chi connectivity index (χ1n) is 9.68. The summed E-state index contributed by atoms with van der Waals surface area (Å²) >= 11 is 0. The van der Waals surface area contributed by atoms with Gasteiger partial charge in [-0.25, -0.2) is 9.59 Å². The molecular formula is C21H26N2O5. The number of ether oxygens (including phenoxy) is 2. The van der Waals surface area contributed by atoms with Crippen molar-refractivity contribution >= 4 is 18.0 Å². The largest absolute Gasteiger partial charge is 0.462 e. The molecule has 2 N–H and O–H groups in total. The van der Waals surface area contributed by atoms with Crippen LogP contribution in [0.25, 0.3) is 0 Å². The standard InChI is InChI=1S/C21H26N2O5/c1-13-18(20(25)27-12-15-7-4-3-5-8-15)19(23-21(26)22-13)16-9-6-10-17(11-16)28-14(2)24/h6,9-11,15,19H,3-5,7-8,12H2,1-2H3,(H2,22,23,26). The predicted octanol–water partition coefficient (Wildman–Crippen LogP) is 3.36. The van der Waals surface area contributed by atoms with Gasteiger partial charge in [-0.15, -0.1) is 0 Å². The summed E-state index contributed by atoms with van der Waals surface area (Å²) in [6.07, 6.45) is 5.74. The second-order valence-corrected chi connectivity index (χ2v) is 7.34. The number of carbonyl (C=O) groups is 3. The monoisotopic (exact) mass is 386 g/mol. The molecule has 0 bridgehead atoms. The number of benzene rings is 1. The Bertz CT molecular complexity index is 796. The molecule has 0 spiro atoms. The molecule has 28 heavy (non-hydrogen) atoms. The number of carbonyl (C=O) groups excluding carboxylic acids is 3. The van der Waals surface area contributed by atoms with Crippen molar-refractivity contribution in [1.82, 2.24) is 10.6 Å². The van der Waals surface area contributed by atoms with Gasteiger partial charge in [-0.1, -0.05) is 31.4 Å². The van der Waals surface area contributed by atoms with Gasteiger partial charge in [-0.3, -0.25) is 4.79 Å². The molecule has 1 fully saturated rings. The summed E-state index contributed by atoms with van der Waals surface area (Å²) in [5, 5.41) is 5.40. The number of urea groups is 1. The Balaban J connectivity index is 1.80. The fraction of sp³-hybridized carbons (Fsp3) is 0.476. The number of nitrogens with one attached hydrogen (secondary N) is 2. The van der Waals surface area contributed by atoms with Crippen LogP contribution in [0.3, 0.4) is 0 Å². The highest BCUT2D eigenvalue weighted by molar-refractivity contribution is 5.95. The van der Waals surface area contributed by atoms with Gasteiger partial charge in [0.2, 0.25) is 0 Å². The van der Waals surface area contributed by atoms with Gasteiger partial charge < -0.3 is 20.1 Å². The van der Waals surface area contributed by atoms with Crippen molar-refractivity contribution in [2.45, 2.75) is 52.0 Å². The molecule has 1 unspecified atom stereocenters. The Morgan fingerprint density at radius 1 is 1.18 bits per heavy atom. The van der Waals surface area contributed by atoms with Gasteiger partial charge in [0, 0.05) is 12.6 Å². The van der Waals surface area contributed by atoms with Gasteiger partial charge in [0.05, 0.1) is 18.2 Å². The van der Waals surface area contributed by atoms with Crippen molar-refractivity contribution in [1.29, 1.82) is 0 Å². The van der Waals surface area contributed by atoms with E-state index < -0.39 is 24.0 Å². The molecule has 1 aromatic carbocycles. The van der Waals surface area contributed by atoms with Crippen LogP contribution in [0, 0.1) is 5.92 Å². The van der Waals surface area contributed by atoms with Crippen LogP contribution in [0.2, 0.25) is 0 Å². The van der Waals surface area contributed by atoms with Gasteiger partial charge in [-0.05, 0) is 43.4 Å². The normalized spacial score (nSPS) is 20.2. The van der Waals surface area contributed by atoms with E-state index in [0.29, 0.717) is 35.1 Å². The molecule has 1 aliphatic carbocycles. The van der Waals surface area contributed by atoms with Crippen LogP contribution in [0.4, 0.5) is 4.79 Å². The summed E-state index contributed by atoms with van der Waals surface area (Å²) in [5.74, 6) is -0.135. The van der Waals surface area contributed by atoms with Crippen LogP contribution in [0.5, 0.6) is 5.75 Å². The summed E-state index contributed by atoms with van der Waals surface area (Å²) in [6.45, 7) is 3.39. The van der Waals surface area contributed by atoms with Gasteiger partial charge in [0.1, 0.15) is 5.75 Å². The summed E-state index contributed by atoms with van der Waals surface area (Å²) in [4.78, 5) is 36.1. The van der Waals surface area contributed by atoms with Crippen molar-refractivity contribution in [3.8, 4) is 5.75 Å². The Morgan fingerprint density at radius 2 is 1.93 bits per heavy atom. The average Bonchev–Trinajstić information content (AvgIpc) is 2.66. The Morgan fingerprint density at radius 3 is 2.64 bits per heavy atom. The molecule has 0 saturated heterocycles. The quantitative estimate of drug-likeness (QED) is 0.598. The van der Waals surface area contributed by atoms with Crippen LogP contribution in [-0.2, 0) is 14.3 Å². The van der Waals surface area contributed by atoms with Crippen molar-refractivity contribution in [3.63, 3.8) is 0 Å². The van der Waals surface area contributed by atoms with Crippen LogP contribution in [-0.4, -0.2) is 24.6 Å². The predicted molar refractivity (Wildman–Crippen MR) is 102 cm³/mol. The maximum atomic E-state index is 12.8. The molecule has 2 amide bonds. The molecular weight excluding hydrogens is 360 g/mol. The maximum Gasteiger partial charge on any atom is 0.338 e. The molecule has 2 aliphatic rings. The Labute approximate surface area is 164 Å². The molecule has 7 nitrogen and oxygen atoms in total. The minimum absolute atomic E-state index is 0.352. The minimum atomic E-state index is -0.678. The molecule has 7 heteroatoms. The van der Waals surface area contributed by atoms with E-state index in [1.54, 1.807) is 31.2 Å². The van der Waals surface area contributed by atoms with E-state index in [4.69, 9.17) is 9.47 Å². The SMILES string of the molecule is CC(=O)Oc1cccc(C2NC(=O)NC(C)=C2C(=O)OCC2CCCCC2)c1. The molecule has 150 valence electrons. The third-order valence-corrected chi connectivity index (χ3v) is 5.12. The van der Waals surface area contributed by atoms with E-state index >= 15 is 0 Å². The molecule has 0 radical (unpaired) electrons. The zero-order chi connectivity index (χ0) is 20.1. The number of allylic oxidation sites excluding steroid dienone is 1. The highest BCUT2D eigenvalue weighted by atomic mass is 16.5. The van der Waals surface area contributed by atoms with Crippen molar-refractivity contribution in [2.24, 2.45) is 5.92 Å². The minimum Gasteiger partial charge on any atom is -0.462 e. The molecule has 1 saturated carbocycles. The number of hydrogen-bond donors (Lipinski definition) is 2. The van der Waals surface area contributed by atoms with Gasteiger partial charge in [-0.2, -0.15) is 0 Å². The van der Waals surface area contributed by atoms with Crippen molar-refractivity contribution in [3.05, 3.63) is 41.1 Å². The van der Waals surface area contributed by atoms with E-state index in [1.165, 1.54) is 26.2 Å². The highest BCUT2D eigenvalue weighted by Gasteiger charge is 2.33. The van der Waals surface area contributed by atoms with E-state index in [1.807, 2.05) is 0 Å². The zero-order valence-electron chi connectivity index (χ0n) is 16.2. The lowest BCUT2D eigenvalue weighted by Crippen LogP contribution is -2.45. The molecule has 0 aromatic heterocycles. The second-order valence-electron chi connectivity index (χ2n) is 7.34. The van der Waals surface area contributed by atoms with Gasteiger partial charge >= 0.3 is 18.0 Å². The van der Waals surface area contributed by atoms with Crippen molar-refractivity contribution < 1.29 is 23.9 Å². The second kappa shape index (κ2) is 8.91. The number of esters is 2. The molecule has 1 aromatic rings. The highest BCUT2D eigenvalue weighted by Crippen LogP contribution is 2.30. The fourth-order valence-corrected chi connectivity index (χ4v) is 3.76.